The Bertz CT molecular complexity index is 1580. The molecule has 0 saturated carbocycles. The van der Waals surface area contributed by atoms with Crippen molar-refractivity contribution in [3.8, 4) is 33.8 Å². The highest BCUT2D eigenvalue weighted by atomic mass is 16.5. The van der Waals surface area contributed by atoms with E-state index in [9.17, 15) is 14.4 Å². The zero-order valence-corrected chi connectivity index (χ0v) is 23.3. The maximum atomic E-state index is 12.5. The molecule has 6 nitrogen and oxygen atoms in total. The number of esters is 3. The van der Waals surface area contributed by atoms with Crippen molar-refractivity contribution in [3.63, 3.8) is 0 Å². The Morgan fingerprint density at radius 3 is 2.15 bits per heavy atom. The Balaban J connectivity index is 1.74. The predicted molar refractivity (Wildman–Crippen MR) is 155 cm³/mol. The van der Waals surface area contributed by atoms with Crippen LogP contribution in [0.4, 0.5) is 0 Å². The van der Waals surface area contributed by atoms with Crippen LogP contribution in [0.25, 0.3) is 22.3 Å². The number of carbonyl (C=O) groups excluding carboxylic acids is 3. The molecular weight excluding hydrogens is 504 g/mol. The van der Waals surface area contributed by atoms with Crippen molar-refractivity contribution >= 4 is 17.9 Å². The molecule has 0 heterocycles. The van der Waals surface area contributed by atoms with Gasteiger partial charge in [0.25, 0.3) is 0 Å². The molecular formula is C34H32O6. The molecule has 0 aliphatic heterocycles. The van der Waals surface area contributed by atoms with Crippen molar-refractivity contribution in [2.45, 2.75) is 46.6 Å². The number of rotatable bonds is 8. The van der Waals surface area contributed by atoms with Crippen LogP contribution in [0, 0.1) is 13.8 Å². The van der Waals surface area contributed by atoms with Crippen LogP contribution in [-0.4, -0.2) is 17.9 Å². The fraction of sp³-hybridized carbons (Fsp3) is 0.206. The van der Waals surface area contributed by atoms with Gasteiger partial charge in [0.15, 0.2) is 0 Å². The van der Waals surface area contributed by atoms with Crippen molar-refractivity contribution in [1.82, 2.24) is 0 Å². The summed E-state index contributed by atoms with van der Waals surface area (Å²) >= 11 is 0. The number of hydrogen-bond donors (Lipinski definition) is 0. The smallest absolute Gasteiger partial charge is 0.338 e. The van der Waals surface area contributed by atoms with Gasteiger partial charge in [-0.2, -0.15) is 0 Å². The summed E-state index contributed by atoms with van der Waals surface area (Å²) in [5.41, 5.74) is 8.24. The Morgan fingerprint density at radius 1 is 0.825 bits per heavy atom. The minimum absolute atomic E-state index is 0.233. The van der Waals surface area contributed by atoms with Gasteiger partial charge in [-0.1, -0.05) is 44.0 Å². The van der Waals surface area contributed by atoms with E-state index in [1.807, 2.05) is 19.9 Å². The van der Waals surface area contributed by atoms with Gasteiger partial charge in [0.05, 0.1) is 0 Å². The van der Waals surface area contributed by atoms with Crippen molar-refractivity contribution in [2.24, 2.45) is 0 Å². The summed E-state index contributed by atoms with van der Waals surface area (Å²) in [5, 5.41) is 0. The summed E-state index contributed by atoms with van der Waals surface area (Å²) in [7, 11) is 0. The molecule has 0 fully saturated rings. The van der Waals surface area contributed by atoms with Crippen LogP contribution in [0.3, 0.4) is 0 Å². The van der Waals surface area contributed by atoms with Gasteiger partial charge in [0, 0.05) is 28.9 Å². The van der Waals surface area contributed by atoms with Crippen molar-refractivity contribution in [3.05, 3.63) is 108 Å². The second-order valence-electron chi connectivity index (χ2n) is 10.1. The first-order valence-corrected chi connectivity index (χ1v) is 13.0. The van der Waals surface area contributed by atoms with Gasteiger partial charge in [-0.05, 0) is 97.7 Å². The first-order valence-electron chi connectivity index (χ1n) is 13.0. The van der Waals surface area contributed by atoms with Crippen LogP contribution in [0.2, 0.25) is 0 Å². The molecule has 1 unspecified atom stereocenters. The van der Waals surface area contributed by atoms with Gasteiger partial charge >= 0.3 is 17.9 Å². The number of aryl methyl sites for hydroxylation is 3. The summed E-state index contributed by atoms with van der Waals surface area (Å²) < 4.78 is 16.6. The lowest BCUT2D eigenvalue weighted by atomic mass is 9.90. The summed E-state index contributed by atoms with van der Waals surface area (Å²) in [4.78, 5) is 36.4. The Hall–Kier alpha value is -4.71. The lowest BCUT2D eigenvalue weighted by Gasteiger charge is -2.18. The lowest BCUT2D eigenvalue weighted by molar-refractivity contribution is -0.143. The fourth-order valence-corrected chi connectivity index (χ4v) is 4.71. The first kappa shape index (κ1) is 28.3. The van der Waals surface area contributed by atoms with E-state index in [-0.39, 0.29) is 28.7 Å². The maximum Gasteiger partial charge on any atom is 0.338 e. The topological polar surface area (TPSA) is 78.9 Å². The molecule has 40 heavy (non-hydrogen) atoms. The van der Waals surface area contributed by atoms with Gasteiger partial charge in [0.1, 0.15) is 17.6 Å². The van der Waals surface area contributed by atoms with Gasteiger partial charge in [-0.25, -0.2) is 14.4 Å². The summed E-state index contributed by atoms with van der Waals surface area (Å²) in [6, 6.07) is 15.3. The third-order valence-electron chi connectivity index (χ3n) is 6.83. The Labute approximate surface area is 234 Å². The molecule has 0 spiro atoms. The SMILES string of the molecule is C=CC(=O)OC1CCc2ccc(-c3cc(C)c(-c4ccc(OC(=O)C(=C)C)cc4OC(=O)C(=C)C)cc3C)cc21. The fourth-order valence-electron chi connectivity index (χ4n) is 4.71. The molecule has 6 heteroatoms. The van der Waals surface area contributed by atoms with Crippen LogP contribution >= 0.6 is 0 Å². The van der Waals surface area contributed by atoms with E-state index < -0.39 is 17.9 Å². The molecule has 0 bridgehead atoms. The highest BCUT2D eigenvalue weighted by Gasteiger charge is 2.26. The molecule has 4 rings (SSSR count). The zero-order chi connectivity index (χ0) is 29.1. The van der Waals surface area contributed by atoms with E-state index in [0.29, 0.717) is 5.56 Å². The third kappa shape index (κ3) is 5.96. The van der Waals surface area contributed by atoms with Crippen LogP contribution in [0.15, 0.2) is 85.5 Å². The highest BCUT2D eigenvalue weighted by molar-refractivity contribution is 5.92. The molecule has 0 saturated heterocycles. The quantitative estimate of drug-likeness (QED) is 0.171. The van der Waals surface area contributed by atoms with E-state index in [2.05, 4.69) is 44.0 Å². The van der Waals surface area contributed by atoms with E-state index in [1.165, 1.54) is 17.7 Å². The first-order chi connectivity index (χ1) is 19.0. The van der Waals surface area contributed by atoms with Crippen LogP contribution in [0.5, 0.6) is 11.5 Å². The number of fused-ring (bicyclic) bond motifs is 1. The largest absolute Gasteiger partial charge is 0.454 e. The van der Waals surface area contributed by atoms with E-state index in [4.69, 9.17) is 14.2 Å². The molecule has 0 amide bonds. The van der Waals surface area contributed by atoms with Gasteiger partial charge in [-0.3, -0.25) is 0 Å². The van der Waals surface area contributed by atoms with Crippen molar-refractivity contribution in [1.29, 1.82) is 0 Å². The number of hydrogen-bond acceptors (Lipinski definition) is 6. The molecule has 1 aliphatic carbocycles. The second-order valence-corrected chi connectivity index (χ2v) is 10.1. The average Bonchev–Trinajstić information content (AvgIpc) is 3.31. The zero-order valence-electron chi connectivity index (χ0n) is 23.3. The molecule has 1 aliphatic rings. The summed E-state index contributed by atoms with van der Waals surface area (Å²) in [6.45, 7) is 17.9. The molecule has 0 aromatic heterocycles. The van der Waals surface area contributed by atoms with Crippen LogP contribution in [-0.2, 0) is 25.5 Å². The average molecular weight is 537 g/mol. The molecule has 204 valence electrons. The minimum atomic E-state index is -0.583. The van der Waals surface area contributed by atoms with Gasteiger partial charge < -0.3 is 14.2 Å². The number of ether oxygens (including phenoxy) is 3. The number of benzene rings is 3. The molecule has 3 aromatic carbocycles. The molecule has 1 atom stereocenters. The van der Waals surface area contributed by atoms with Crippen molar-refractivity contribution in [2.75, 3.05) is 0 Å². The molecule has 0 N–H and O–H groups in total. The maximum absolute atomic E-state index is 12.5. The Morgan fingerprint density at radius 2 is 1.48 bits per heavy atom. The summed E-state index contributed by atoms with van der Waals surface area (Å²) in [5.74, 6) is -1.10. The normalized spacial score (nSPS) is 13.7. The highest BCUT2D eigenvalue weighted by Crippen LogP contribution is 2.41. The van der Waals surface area contributed by atoms with E-state index in [1.54, 1.807) is 26.0 Å². The van der Waals surface area contributed by atoms with Crippen LogP contribution < -0.4 is 9.47 Å². The second kappa shape index (κ2) is 11.6. The third-order valence-corrected chi connectivity index (χ3v) is 6.83. The molecule has 0 radical (unpaired) electrons. The summed E-state index contributed by atoms with van der Waals surface area (Å²) in [6.07, 6.45) is 2.50. The standard InChI is InChI=1S/C34H32O6/c1-8-32(35)39-30-14-11-23-9-10-24(17-29(23)30)27-15-22(7)28(16-21(27)6)26-13-12-25(38-33(36)19(2)3)18-31(26)40-34(37)20(4)5/h8-10,12-13,15-18,30H,1-2,4,11,14H2,3,5-7H3. The number of carbonyl (C=O) groups is 3. The Kier molecular flexibility index (Phi) is 8.19. The lowest BCUT2D eigenvalue weighted by Crippen LogP contribution is -2.11. The molecule has 3 aromatic rings. The monoisotopic (exact) mass is 536 g/mol. The van der Waals surface area contributed by atoms with Gasteiger partial charge in [0.2, 0.25) is 0 Å². The van der Waals surface area contributed by atoms with E-state index >= 15 is 0 Å². The van der Waals surface area contributed by atoms with Crippen LogP contribution in [0.1, 0.15) is 48.6 Å². The minimum Gasteiger partial charge on any atom is -0.454 e. The van der Waals surface area contributed by atoms with E-state index in [0.717, 1.165) is 46.2 Å². The van der Waals surface area contributed by atoms with Crippen molar-refractivity contribution < 1.29 is 28.6 Å². The van der Waals surface area contributed by atoms with Gasteiger partial charge in [-0.15, -0.1) is 0 Å². The predicted octanol–water partition coefficient (Wildman–Crippen LogP) is 7.32.